The molecule has 5 heteroatoms. The molecule has 19 heavy (non-hydrogen) atoms. The molecule has 0 saturated carbocycles. The van der Waals surface area contributed by atoms with Gasteiger partial charge in [0.2, 0.25) is 5.91 Å². The summed E-state index contributed by atoms with van der Waals surface area (Å²) in [6, 6.07) is 8.68. The van der Waals surface area contributed by atoms with Crippen molar-refractivity contribution in [2.24, 2.45) is 0 Å². The molecule has 0 aliphatic carbocycles. The zero-order chi connectivity index (χ0) is 13.6. The van der Waals surface area contributed by atoms with Crippen LogP contribution in [0.5, 0.6) is 0 Å². The van der Waals surface area contributed by atoms with Gasteiger partial charge in [-0.25, -0.2) is 0 Å². The van der Waals surface area contributed by atoms with Crippen LogP contribution in [0.4, 0.5) is 5.69 Å². The molecule has 0 spiro atoms. The molecule has 94 valence electrons. The maximum atomic E-state index is 12.0. The Labute approximate surface area is 108 Å². The van der Waals surface area contributed by atoms with E-state index in [2.05, 4.69) is 10.6 Å². The second kappa shape index (κ2) is 3.91. The summed E-state index contributed by atoms with van der Waals surface area (Å²) in [6.45, 7) is 1.37. The van der Waals surface area contributed by atoms with E-state index in [-0.39, 0.29) is 5.91 Å². The van der Waals surface area contributed by atoms with E-state index in [9.17, 15) is 14.4 Å². The van der Waals surface area contributed by atoms with Crippen molar-refractivity contribution >= 4 is 34.2 Å². The molecule has 0 atom stereocenters. The van der Waals surface area contributed by atoms with Crippen LogP contribution in [-0.4, -0.2) is 17.7 Å². The monoisotopic (exact) mass is 254 g/mol. The molecule has 0 unspecified atom stereocenters. The predicted octanol–water partition coefficient (Wildman–Crippen LogP) is 1.68. The minimum atomic E-state index is -0.488. The molecule has 0 fully saturated rings. The first-order valence-corrected chi connectivity index (χ1v) is 5.77. The normalized spacial score (nSPS) is 13.3. The fourth-order valence-electron chi connectivity index (χ4n) is 2.33. The summed E-state index contributed by atoms with van der Waals surface area (Å²) in [6.07, 6.45) is 0. The minimum absolute atomic E-state index is 0.266. The smallest absolute Gasteiger partial charge is 0.260 e. The van der Waals surface area contributed by atoms with Gasteiger partial charge in [0.15, 0.2) is 0 Å². The van der Waals surface area contributed by atoms with Crippen molar-refractivity contribution in [3.63, 3.8) is 0 Å². The Kier molecular flexibility index (Phi) is 2.35. The number of anilines is 1. The van der Waals surface area contributed by atoms with Crippen molar-refractivity contribution in [2.75, 3.05) is 5.32 Å². The third kappa shape index (κ3) is 1.67. The fourth-order valence-corrected chi connectivity index (χ4v) is 2.33. The molecule has 0 radical (unpaired) electrons. The Balaban J connectivity index is 2.40. The van der Waals surface area contributed by atoms with Crippen LogP contribution in [0.2, 0.25) is 0 Å². The number of carbonyl (C=O) groups excluding carboxylic acids is 3. The quantitative estimate of drug-likeness (QED) is 0.760. The van der Waals surface area contributed by atoms with Gasteiger partial charge in [-0.1, -0.05) is 18.2 Å². The van der Waals surface area contributed by atoms with Crippen LogP contribution < -0.4 is 10.6 Å². The van der Waals surface area contributed by atoms with E-state index in [0.717, 1.165) is 5.39 Å². The van der Waals surface area contributed by atoms with Crippen molar-refractivity contribution in [2.45, 2.75) is 6.92 Å². The van der Waals surface area contributed by atoms with Crippen LogP contribution in [0.3, 0.4) is 0 Å². The molecular weight excluding hydrogens is 244 g/mol. The molecule has 2 aromatic rings. The van der Waals surface area contributed by atoms with Gasteiger partial charge >= 0.3 is 0 Å². The van der Waals surface area contributed by atoms with Crippen LogP contribution in [-0.2, 0) is 4.79 Å². The standard InChI is InChI=1S/C14H10N2O3/c1-7(17)15-10-6-5-8-3-2-4-9-11(8)12(10)14(19)16-13(9)18/h2-6H,1H3,(H,15,17)(H,16,18,19). The molecule has 1 heterocycles. The highest BCUT2D eigenvalue weighted by Crippen LogP contribution is 2.31. The third-order valence-corrected chi connectivity index (χ3v) is 3.06. The molecule has 5 nitrogen and oxygen atoms in total. The molecule has 0 saturated heterocycles. The SMILES string of the molecule is CC(=O)Nc1ccc2cccc3c2c1C(=O)NC3=O. The van der Waals surface area contributed by atoms with Gasteiger partial charge < -0.3 is 5.32 Å². The summed E-state index contributed by atoms with van der Waals surface area (Å²) >= 11 is 0. The van der Waals surface area contributed by atoms with Crippen LogP contribution in [0, 0.1) is 0 Å². The third-order valence-electron chi connectivity index (χ3n) is 3.06. The maximum absolute atomic E-state index is 12.0. The predicted molar refractivity (Wildman–Crippen MR) is 70.0 cm³/mol. The van der Waals surface area contributed by atoms with Crippen molar-refractivity contribution in [1.29, 1.82) is 0 Å². The van der Waals surface area contributed by atoms with E-state index in [4.69, 9.17) is 0 Å². The largest absolute Gasteiger partial charge is 0.326 e. The van der Waals surface area contributed by atoms with Crippen molar-refractivity contribution < 1.29 is 14.4 Å². The highest BCUT2D eigenvalue weighted by atomic mass is 16.2. The zero-order valence-corrected chi connectivity index (χ0v) is 10.1. The van der Waals surface area contributed by atoms with E-state index in [1.54, 1.807) is 24.3 Å². The first-order valence-electron chi connectivity index (χ1n) is 5.77. The molecule has 2 N–H and O–H groups in total. The lowest BCUT2D eigenvalue weighted by molar-refractivity contribution is -0.114. The van der Waals surface area contributed by atoms with Crippen LogP contribution in [0.25, 0.3) is 10.8 Å². The van der Waals surface area contributed by atoms with Gasteiger partial charge in [0.1, 0.15) is 0 Å². The molecule has 3 rings (SSSR count). The summed E-state index contributed by atoms with van der Waals surface area (Å²) in [5.74, 6) is -1.17. The number of benzene rings is 2. The molecule has 0 aromatic heterocycles. The van der Waals surface area contributed by atoms with Crippen LogP contribution >= 0.6 is 0 Å². The number of amides is 3. The van der Waals surface area contributed by atoms with E-state index < -0.39 is 11.8 Å². The number of hydrogen-bond acceptors (Lipinski definition) is 3. The lowest BCUT2D eigenvalue weighted by Crippen LogP contribution is -2.35. The summed E-state index contributed by atoms with van der Waals surface area (Å²) in [5.41, 5.74) is 1.19. The molecule has 1 aliphatic rings. The van der Waals surface area contributed by atoms with Gasteiger partial charge in [-0.15, -0.1) is 0 Å². The Morgan fingerprint density at radius 2 is 1.89 bits per heavy atom. The molecule has 0 bridgehead atoms. The number of nitrogens with one attached hydrogen (secondary N) is 2. The number of imide groups is 1. The van der Waals surface area contributed by atoms with Gasteiger partial charge in [0, 0.05) is 17.9 Å². The van der Waals surface area contributed by atoms with E-state index >= 15 is 0 Å². The second-order valence-corrected chi connectivity index (χ2v) is 4.36. The first kappa shape index (κ1) is 11.4. The van der Waals surface area contributed by atoms with Crippen molar-refractivity contribution in [1.82, 2.24) is 5.32 Å². The molecule has 3 amide bonds. The number of rotatable bonds is 1. The molecule has 2 aromatic carbocycles. The number of hydrogen-bond donors (Lipinski definition) is 2. The summed E-state index contributed by atoms with van der Waals surface area (Å²) in [4.78, 5) is 35.0. The Morgan fingerprint density at radius 1 is 1.11 bits per heavy atom. The second-order valence-electron chi connectivity index (χ2n) is 4.36. The summed E-state index contributed by atoms with van der Waals surface area (Å²) in [7, 11) is 0. The van der Waals surface area contributed by atoms with E-state index in [0.29, 0.717) is 22.2 Å². The Hall–Kier alpha value is -2.69. The lowest BCUT2D eigenvalue weighted by atomic mass is 9.94. The molecule has 1 aliphatic heterocycles. The Bertz CT molecular complexity index is 750. The van der Waals surface area contributed by atoms with Gasteiger partial charge in [-0.3, -0.25) is 19.7 Å². The van der Waals surface area contributed by atoms with Crippen LogP contribution in [0.1, 0.15) is 27.6 Å². The maximum Gasteiger partial charge on any atom is 0.260 e. The average Bonchev–Trinajstić information content (AvgIpc) is 2.35. The van der Waals surface area contributed by atoms with Gasteiger partial charge in [-0.2, -0.15) is 0 Å². The summed E-state index contributed by atoms with van der Waals surface area (Å²) in [5, 5.41) is 6.27. The van der Waals surface area contributed by atoms with E-state index in [1.807, 2.05) is 6.07 Å². The summed E-state index contributed by atoms with van der Waals surface area (Å²) < 4.78 is 0. The zero-order valence-electron chi connectivity index (χ0n) is 10.1. The minimum Gasteiger partial charge on any atom is -0.326 e. The van der Waals surface area contributed by atoms with Gasteiger partial charge in [0.05, 0.1) is 11.3 Å². The molecular formula is C14H10N2O3. The Morgan fingerprint density at radius 3 is 2.63 bits per heavy atom. The lowest BCUT2D eigenvalue weighted by Gasteiger charge is -2.19. The average molecular weight is 254 g/mol. The van der Waals surface area contributed by atoms with Crippen molar-refractivity contribution in [3.05, 3.63) is 41.5 Å². The van der Waals surface area contributed by atoms with Gasteiger partial charge in [-0.05, 0) is 17.5 Å². The number of carbonyl (C=O) groups is 3. The topological polar surface area (TPSA) is 75.3 Å². The first-order chi connectivity index (χ1) is 9.08. The highest BCUT2D eigenvalue weighted by molar-refractivity contribution is 6.28. The fraction of sp³-hybridized carbons (Fsp3) is 0.0714. The van der Waals surface area contributed by atoms with Crippen molar-refractivity contribution in [3.8, 4) is 0 Å². The highest BCUT2D eigenvalue weighted by Gasteiger charge is 2.27. The van der Waals surface area contributed by atoms with Gasteiger partial charge in [0.25, 0.3) is 11.8 Å². The van der Waals surface area contributed by atoms with E-state index in [1.165, 1.54) is 6.92 Å². The van der Waals surface area contributed by atoms with Crippen LogP contribution in [0.15, 0.2) is 30.3 Å².